The fraction of sp³-hybridized carbons (Fsp3) is 0.133. The van der Waals surface area contributed by atoms with Gasteiger partial charge in [0.2, 0.25) is 5.91 Å². The van der Waals surface area contributed by atoms with Crippen molar-refractivity contribution < 1.29 is 13.9 Å². The number of amides is 1. The molecule has 0 saturated carbocycles. The van der Waals surface area contributed by atoms with Gasteiger partial charge in [-0.15, -0.1) is 0 Å². The topological polar surface area (TPSA) is 64.3 Å². The van der Waals surface area contributed by atoms with Gasteiger partial charge in [0.25, 0.3) is 0 Å². The maximum absolute atomic E-state index is 13.2. The number of nitrogens with one attached hydrogen (secondary N) is 1. The lowest BCUT2D eigenvalue weighted by atomic mass is 10.2. The van der Waals surface area contributed by atoms with Gasteiger partial charge >= 0.3 is 0 Å². The largest absolute Gasteiger partial charge is 0.493 e. The summed E-state index contributed by atoms with van der Waals surface area (Å²) >= 11 is 5.56. The highest BCUT2D eigenvalue weighted by Gasteiger charge is 2.06. The fourth-order valence-electron chi connectivity index (χ4n) is 1.65. The third-order valence-corrected chi connectivity index (χ3v) is 3.03. The first-order chi connectivity index (χ1) is 10.1. The normalized spacial score (nSPS) is 10.2. The van der Waals surface area contributed by atoms with Crippen molar-refractivity contribution in [2.75, 3.05) is 17.7 Å². The van der Waals surface area contributed by atoms with Crippen LogP contribution < -0.4 is 15.8 Å². The van der Waals surface area contributed by atoms with E-state index in [0.717, 1.165) is 0 Å². The van der Waals surface area contributed by atoms with E-state index in [0.29, 0.717) is 17.1 Å². The van der Waals surface area contributed by atoms with Gasteiger partial charge in [-0.2, -0.15) is 0 Å². The monoisotopic (exact) mass is 308 g/mol. The first kappa shape index (κ1) is 15.1. The van der Waals surface area contributed by atoms with E-state index in [1.165, 1.54) is 12.1 Å². The molecule has 3 N–H and O–H groups in total. The van der Waals surface area contributed by atoms with Gasteiger partial charge in [0, 0.05) is 6.07 Å². The lowest BCUT2D eigenvalue weighted by Gasteiger charge is -2.09. The highest BCUT2D eigenvalue weighted by Crippen LogP contribution is 2.20. The van der Waals surface area contributed by atoms with Gasteiger partial charge in [0.05, 0.1) is 29.4 Å². The van der Waals surface area contributed by atoms with Crippen molar-refractivity contribution in [2.24, 2.45) is 0 Å². The maximum atomic E-state index is 13.2. The highest BCUT2D eigenvalue weighted by atomic mass is 35.5. The van der Waals surface area contributed by atoms with Crippen molar-refractivity contribution in [3.63, 3.8) is 0 Å². The Kier molecular flexibility index (Phi) is 5.00. The summed E-state index contributed by atoms with van der Waals surface area (Å²) in [6, 6.07) is 11.1. The van der Waals surface area contributed by atoms with Crippen LogP contribution in [0, 0.1) is 5.82 Å². The van der Waals surface area contributed by atoms with Crippen molar-refractivity contribution in [1.29, 1.82) is 0 Å². The van der Waals surface area contributed by atoms with Gasteiger partial charge in [-0.3, -0.25) is 4.79 Å². The number of benzene rings is 2. The third kappa shape index (κ3) is 4.36. The van der Waals surface area contributed by atoms with E-state index in [-0.39, 0.29) is 24.0 Å². The molecule has 2 aromatic rings. The molecule has 0 unspecified atom stereocenters. The molecule has 0 heterocycles. The number of nitrogens with two attached hydrogens (primary N) is 1. The van der Waals surface area contributed by atoms with Crippen LogP contribution in [0.3, 0.4) is 0 Å². The maximum Gasteiger partial charge on any atom is 0.227 e. The van der Waals surface area contributed by atoms with E-state index in [1.807, 2.05) is 0 Å². The second-order valence-electron chi connectivity index (χ2n) is 4.31. The third-order valence-electron chi connectivity index (χ3n) is 2.72. The van der Waals surface area contributed by atoms with Gasteiger partial charge in [-0.05, 0) is 24.3 Å². The molecule has 0 radical (unpaired) electrons. The van der Waals surface area contributed by atoms with E-state index < -0.39 is 5.82 Å². The Bertz CT molecular complexity index is 649. The number of carbonyl (C=O) groups is 1. The molecule has 2 rings (SSSR count). The Labute approximate surface area is 126 Å². The van der Waals surface area contributed by atoms with Gasteiger partial charge < -0.3 is 15.8 Å². The molecule has 21 heavy (non-hydrogen) atoms. The fourth-order valence-corrected chi connectivity index (χ4v) is 1.77. The zero-order valence-electron chi connectivity index (χ0n) is 11.1. The van der Waals surface area contributed by atoms with Crippen molar-refractivity contribution in [1.82, 2.24) is 0 Å². The van der Waals surface area contributed by atoms with Crippen LogP contribution >= 0.6 is 11.6 Å². The lowest BCUT2D eigenvalue weighted by molar-refractivity contribution is -0.116. The van der Waals surface area contributed by atoms with Gasteiger partial charge in [-0.25, -0.2) is 4.39 Å². The predicted molar refractivity (Wildman–Crippen MR) is 81.0 cm³/mol. The molecule has 0 aromatic heterocycles. The van der Waals surface area contributed by atoms with E-state index in [9.17, 15) is 9.18 Å². The number of anilines is 2. The quantitative estimate of drug-likeness (QED) is 0.831. The molecule has 4 nitrogen and oxygen atoms in total. The number of nitrogen functional groups attached to an aromatic ring is 1. The van der Waals surface area contributed by atoms with E-state index in [1.54, 1.807) is 30.3 Å². The molecule has 0 saturated heterocycles. The summed E-state index contributed by atoms with van der Waals surface area (Å²) in [5, 5.41) is 2.71. The summed E-state index contributed by atoms with van der Waals surface area (Å²) in [6.45, 7) is 0.125. The average molecular weight is 309 g/mol. The predicted octanol–water partition coefficient (Wildman–Crippen LogP) is 3.47. The Morgan fingerprint density at radius 3 is 2.76 bits per heavy atom. The second kappa shape index (κ2) is 6.95. The molecule has 0 aliphatic heterocycles. The molecule has 0 spiro atoms. The summed E-state index contributed by atoms with van der Waals surface area (Å²) < 4.78 is 18.5. The summed E-state index contributed by atoms with van der Waals surface area (Å²) in [6.07, 6.45) is 0.124. The Morgan fingerprint density at radius 1 is 1.29 bits per heavy atom. The van der Waals surface area contributed by atoms with Crippen LogP contribution in [0.15, 0.2) is 42.5 Å². The minimum Gasteiger partial charge on any atom is -0.493 e. The minimum absolute atomic E-state index is 0.0274. The van der Waals surface area contributed by atoms with Crippen LogP contribution in [0.25, 0.3) is 0 Å². The molecule has 1 amide bonds. The number of rotatable bonds is 5. The molecule has 0 atom stereocenters. The number of hydrogen-bond donors (Lipinski definition) is 2. The van der Waals surface area contributed by atoms with Crippen LogP contribution in [0.1, 0.15) is 6.42 Å². The molecular formula is C15H14ClFN2O2. The highest BCUT2D eigenvalue weighted by molar-refractivity contribution is 6.30. The van der Waals surface area contributed by atoms with Crippen molar-refractivity contribution >= 4 is 28.9 Å². The summed E-state index contributed by atoms with van der Waals surface area (Å²) in [7, 11) is 0. The Morgan fingerprint density at radius 2 is 2.05 bits per heavy atom. The standard InChI is InChI=1S/C15H14ClFN2O2/c16-11-6-5-10(9-12(11)17)21-8-7-15(20)19-14-4-2-1-3-13(14)18/h1-6,9H,7-8,18H2,(H,19,20). The van der Waals surface area contributed by atoms with Crippen LogP contribution in [-0.4, -0.2) is 12.5 Å². The average Bonchev–Trinajstić information content (AvgIpc) is 2.45. The van der Waals surface area contributed by atoms with Crippen LogP contribution in [0.5, 0.6) is 5.75 Å². The number of para-hydroxylation sites is 2. The molecule has 110 valence electrons. The summed E-state index contributed by atoms with van der Waals surface area (Å²) in [5.74, 6) is -0.470. The zero-order valence-corrected chi connectivity index (χ0v) is 11.9. The lowest BCUT2D eigenvalue weighted by Crippen LogP contribution is -2.16. The first-order valence-electron chi connectivity index (χ1n) is 6.28. The second-order valence-corrected chi connectivity index (χ2v) is 4.72. The number of carbonyl (C=O) groups excluding carboxylic acids is 1. The minimum atomic E-state index is -0.560. The number of halogens is 2. The number of hydrogen-bond acceptors (Lipinski definition) is 3. The summed E-state index contributed by atoms with van der Waals surface area (Å²) in [5.41, 5.74) is 6.77. The molecule has 6 heteroatoms. The zero-order chi connectivity index (χ0) is 15.2. The van der Waals surface area contributed by atoms with Crippen molar-refractivity contribution in [2.45, 2.75) is 6.42 Å². The molecule has 2 aromatic carbocycles. The molecule has 0 bridgehead atoms. The van der Waals surface area contributed by atoms with E-state index >= 15 is 0 Å². The van der Waals surface area contributed by atoms with Gasteiger partial charge in [0.1, 0.15) is 11.6 Å². The first-order valence-corrected chi connectivity index (χ1v) is 6.66. The molecule has 0 aliphatic carbocycles. The van der Waals surface area contributed by atoms with Crippen LogP contribution in [-0.2, 0) is 4.79 Å². The Hall–Kier alpha value is -2.27. The van der Waals surface area contributed by atoms with Crippen molar-refractivity contribution in [3.05, 3.63) is 53.3 Å². The summed E-state index contributed by atoms with van der Waals surface area (Å²) in [4.78, 5) is 11.7. The molecule has 0 fully saturated rings. The van der Waals surface area contributed by atoms with Gasteiger partial charge in [0.15, 0.2) is 0 Å². The molecule has 0 aliphatic rings. The SMILES string of the molecule is Nc1ccccc1NC(=O)CCOc1ccc(Cl)c(F)c1. The molecular weight excluding hydrogens is 295 g/mol. The Balaban J connectivity index is 1.82. The van der Waals surface area contributed by atoms with Crippen molar-refractivity contribution in [3.8, 4) is 5.75 Å². The van der Waals surface area contributed by atoms with E-state index in [4.69, 9.17) is 22.1 Å². The number of ether oxygens (including phenoxy) is 1. The van der Waals surface area contributed by atoms with E-state index in [2.05, 4.69) is 5.32 Å². The smallest absolute Gasteiger partial charge is 0.227 e. The van der Waals surface area contributed by atoms with Crippen LogP contribution in [0.2, 0.25) is 5.02 Å². The van der Waals surface area contributed by atoms with Gasteiger partial charge in [-0.1, -0.05) is 23.7 Å². The van der Waals surface area contributed by atoms with Crippen LogP contribution in [0.4, 0.5) is 15.8 Å².